The number of amides is 1. The van der Waals surface area contributed by atoms with Gasteiger partial charge in [0.05, 0.1) is 13.2 Å². The molecule has 130 valence electrons. The van der Waals surface area contributed by atoms with Gasteiger partial charge >= 0.3 is 0 Å². The topological polar surface area (TPSA) is 70.6 Å². The SMILES string of the molecule is COc1cc(NC2CCN(C3CCN(C4CC4)C3=O)CC2)ncn1. The molecule has 7 heteroatoms. The van der Waals surface area contributed by atoms with Crippen molar-refractivity contribution >= 4 is 11.7 Å². The normalized spacial score (nSPS) is 26.0. The van der Waals surface area contributed by atoms with Crippen LogP contribution in [0.15, 0.2) is 12.4 Å². The van der Waals surface area contributed by atoms with E-state index < -0.39 is 0 Å². The van der Waals surface area contributed by atoms with Crippen LogP contribution in [0.2, 0.25) is 0 Å². The summed E-state index contributed by atoms with van der Waals surface area (Å²) in [5.41, 5.74) is 0. The summed E-state index contributed by atoms with van der Waals surface area (Å²) in [6.45, 7) is 2.89. The fourth-order valence-corrected chi connectivity index (χ4v) is 3.87. The summed E-state index contributed by atoms with van der Waals surface area (Å²) in [7, 11) is 1.61. The lowest BCUT2D eigenvalue weighted by Crippen LogP contribution is -2.48. The molecular weight excluding hydrogens is 306 g/mol. The highest BCUT2D eigenvalue weighted by molar-refractivity contribution is 5.84. The van der Waals surface area contributed by atoms with E-state index in [-0.39, 0.29) is 6.04 Å². The van der Waals surface area contributed by atoms with Gasteiger partial charge in [-0.25, -0.2) is 9.97 Å². The van der Waals surface area contributed by atoms with Crippen molar-refractivity contribution in [3.8, 4) is 5.88 Å². The molecule has 3 aliphatic rings. The molecule has 0 aromatic carbocycles. The molecule has 1 atom stereocenters. The number of aromatic nitrogens is 2. The third kappa shape index (κ3) is 3.17. The van der Waals surface area contributed by atoms with Crippen LogP contribution in [0, 0.1) is 0 Å². The Balaban J connectivity index is 1.29. The van der Waals surface area contributed by atoms with Crippen LogP contribution in [0.1, 0.15) is 32.1 Å². The lowest BCUT2D eigenvalue weighted by molar-refractivity contribution is -0.132. The average Bonchev–Trinajstić information content (AvgIpc) is 3.38. The Kier molecular flexibility index (Phi) is 4.26. The van der Waals surface area contributed by atoms with Gasteiger partial charge in [0.15, 0.2) is 0 Å². The van der Waals surface area contributed by atoms with Crippen LogP contribution >= 0.6 is 0 Å². The number of carbonyl (C=O) groups is 1. The van der Waals surface area contributed by atoms with Gasteiger partial charge in [-0.15, -0.1) is 0 Å². The van der Waals surface area contributed by atoms with Crippen LogP contribution in [0.4, 0.5) is 5.82 Å². The number of ether oxygens (including phenoxy) is 1. The molecule has 0 bridgehead atoms. The van der Waals surface area contributed by atoms with Crippen molar-refractivity contribution in [3.63, 3.8) is 0 Å². The van der Waals surface area contributed by atoms with E-state index in [1.807, 2.05) is 6.07 Å². The van der Waals surface area contributed by atoms with Gasteiger partial charge in [0, 0.05) is 37.8 Å². The number of nitrogens with one attached hydrogen (secondary N) is 1. The minimum atomic E-state index is 0.116. The molecule has 1 aromatic heterocycles. The summed E-state index contributed by atoms with van der Waals surface area (Å²) in [5.74, 6) is 1.74. The fourth-order valence-electron chi connectivity index (χ4n) is 3.87. The zero-order valence-corrected chi connectivity index (χ0v) is 14.1. The Morgan fingerprint density at radius 2 is 1.92 bits per heavy atom. The van der Waals surface area contributed by atoms with Crippen LogP contribution in [0.25, 0.3) is 0 Å². The zero-order chi connectivity index (χ0) is 16.5. The molecule has 1 unspecified atom stereocenters. The number of anilines is 1. The van der Waals surface area contributed by atoms with Gasteiger partial charge in [-0.3, -0.25) is 9.69 Å². The lowest BCUT2D eigenvalue weighted by Gasteiger charge is -2.35. The first-order valence-corrected chi connectivity index (χ1v) is 8.91. The maximum atomic E-state index is 12.6. The van der Waals surface area contributed by atoms with Crippen molar-refractivity contribution < 1.29 is 9.53 Å². The van der Waals surface area contributed by atoms with E-state index in [4.69, 9.17) is 4.74 Å². The van der Waals surface area contributed by atoms with Gasteiger partial charge in [-0.05, 0) is 32.1 Å². The van der Waals surface area contributed by atoms with Crippen molar-refractivity contribution in [2.45, 2.75) is 50.2 Å². The smallest absolute Gasteiger partial charge is 0.240 e. The lowest BCUT2D eigenvalue weighted by atomic mass is 10.0. The second-order valence-corrected chi connectivity index (χ2v) is 6.97. The number of hydrogen-bond donors (Lipinski definition) is 1. The minimum Gasteiger partial charge on any atom is -0.481 e. The number of methoxy groups -OCH3 is 1. The van der Waals surface area contributed by atoms with E-state index in [0.717, 1.165) is 44.7 Å². The summed E-state index contributed by atoms with van der Waals surface area (Å²) in [6, 6.07) is 2.87. The second-order valence-electron chi connectivity index (χ2n) is 6.97. The number of nitrogens with zero attached hydrogens (tertiary/aromatic N) is 4. The summed E-state index contributed by atoms with van der Waals surface area (Å²) >= 11 is 0. The van der Waals surface area contributed by atoms with Gasteiger partial charge in [0.2, 0.25) is 11.8 Å². The summed E-state index contributed by atoms with van der Waals surface area (Å²) < 4.78 is 5.13. The quantitative estimate of drug-likeness (QED) is 0.872. The summed E-state index contributed by atoms with van der Waals surface area (Å²) in [6.07, 6.45) is 6.97. The largest absolute Gasteiger partial charge is 0.481 e. The van der Waals surface area contributed by atoms with E-state index in [1.54, 1.807) is 7.11 Å². The number of carbonyl (C=O) groups excluding carboxylic acids is 1. The van der Waals surface area contributed by atoms with Crippen LogP contribution in [-0.2, 0) is 4.79 Å². The molecule has 1 saturated carbocycles. The van der Waals surface area contributed by atoms with Gasteiger partial charge in [-0.1, -0.05) is 0 Å². The van der Waals surface area contributed by atoms with Crippen molar-refractivity contribution in [1.29, 1.82) is 0 Å². The monoisotopic (exact) mass is 331 g/mol. The molecule has 7 nitrogen and oxygen atoms in total. The minimum absolute atomic E-state index is 0.116. The Morgan fingerprint density at radius 3 is 2.62 bits per heavy atom. The van der Waals surface area contributed by atoms with E-state index in [1.165, 1.54) is 19.2 Å². The molecule has 1 aliphatic carbocycles. The predicted octanol–water partition coefficient (Wildman–Crippen LogP) is 1.12. The van der Waals surface area contributed by atoms with Gasteiger partial charge in [-0.2, -0.15) is 0 Å². The van der Waals surface area contributed by atoms with Crippen molar-refractivity contribution in [2.24, 2.45) is 0 Å². The van der Waals surface area contributed by atoms with Crippen LogP contribution in [0.3, 0.4) is 0 Å². The van der Waals surface area contributed by atoms with Gasteiger partial charge < -0.3 is 15.0 Å². The average molecular weight is 331 g/mol. The highest BCUT2D eigenvalue weighted by atomic mass is 16.5. The molecular formula is C17H25N5O2. The molecule has 0 spiro atoms. The van der Waals surface area contributed by atoms with E-state index in [0.29, 0.717) is 23.9 Å². The third-order valence-electron chi connectivity index (χ3n) is 5.37. The Hall–Kier alpha value is -1.89. The predicted molar refractivity (Wildman–Crippen MR) is 89.9 cm³/mol. The molecule has 1 aromatic rings. The number of piperidine rings is 1. The first-order chi connectivity index (χ1) is 11.7. The van der Waals surface area contributed by atoms with E-state index in [2.05, 4.69) is 25.1 Å². The number of hydrogen-bond acceptors (Lipinski definition) is 6. The van der Waals surface area contributed by atoms with Crippen molar-refractivity contribution in [2.75, 3.05) is 32.1 Å². The third-order valence-corrected chi connectivity index (χ3v) is 5.37. The first kappa shape index (κ1) is 15.6. The van der Waals surface area contributed by atoms with Crippen LogP contribution < -0.4 is 10.1 Å². The van der Waals surface area contributed by atoms with Gasteiger partial charge in [0.25, 0.3) is 0 Å². The van der Waals surface area contributed by atoms with Gasteiger partial charge in [0.1, 0.15) is 12.1 Å². The highest BCUT2D eigenvalue weighted by Crippen LogP contribution is 2.32. The maximum Gasteiger partial charge on any atom is 0.240 e. The van der Waals surface area contributed by atoms with E-state index in [9.17, 15) is 4.79 Å². The molecule has 2 saturated heterocycles. The molecule has 3 heterocycles. The Labute approximate surface area is 142 Å². The Morgan fingerprint density at radius 1 is 1.12 bits per heavy atom. The molecule has 2 aliphatic heterocycles. The highest BCUT2D eigenvalue weighted by Gasteiger charge is 2.43. The Bertz CT molecular complexity index is 598. The van der Waals surface area contributed by atoms with Crippen molar-refractivity contribution in [3.05, 3.63) is 12.4 Å². The molecule has 1 amide bonds. The number of rotatable bonds is 5. The van der Waals surface area contributed by atoms with Crippen LogP contribution in [0.5, 0.6) is 5.88 Å². The standard InChI is InChI=1S/C17H25N5O2/c1-24-16-10-15(18-11-19-16)20-12-4-7-21(8-5-12)14-6-9-22(17(14)23)13-2-3-13/h10-14H,2-9H2,1H3,(H,18,19,20). The zero-order valence-electron chi connectivity index (χ0n) is 14.1. The molecule has 0 radical (unpaired) electrons. The molecule has 4 rings (SSSR count). The van der Waals surface area contributed by atoms with Crippen molar-refractivity contribution in [1.82, 2.24) is 19.8 Å². The fraction of sp³-hybridized carbons (Fsp3) is 0.706. The second kappa shape index (κ2) is 6.55. The molecule has 24 heavy (non-hydrogen) atoms. The molecule has 1 N–H and O–H groups in total. The summed E-state index contributed by atoms with van der Waals surface area (Å²) in [4.78, 5) is 25.3. The maximum absolute atomic E-state index is 12.6. The molecule has 3 fully saturated rings. The number of likely N-dealkylation sites (tertiary alicyclic amines) is 2. The van der Waals surface area contributed by atoms with Crippen LogP contribution in [-0.4, -0.2) is 70.5 Å². The summed E-state index contributed by atoms with van der Waals surface area (Å²) in [5, 5.41) is 3.46. The van der Waals surface area contributed by atoms with E-state index >= 15 is 0 Å². The first-order valence-electron chi connectivity index (χ1n) is 8.91.